The molecule has 1 atom stereocenters. The van der Waals surface area contributed by atoms with E-state index in [1.807, 2.05) is 37.3 Å². The first-order valence-corrected chi connectivity index (χ1v) is 8.14. The van der Waals surface area contributed by atoms with Gasteiger partial charge in [0.2, 0.25) is 0 Å². The van der Waals surface area contributed by atoms with Crippen molar-refractivity contribution in [3.05, 3.63) is 48.6 Å². The fourth-order valence-electron chi connectivity index (χ4n) is 2.09. The van der Waals surface area contributed by atoms with Gasteiger partial charge >= 0.3 is 12.2 Å². The smallest absolute Gasteiger partial charge is 0.420 e. The van der Waals surface area contributed by atoms with E-state index in [1.54, 1.807) is 26.8 Å². The van der Waals surface area contributed by atoms with Crippen LogP contribution in [0, 0.1) is 0 Å². The Morgan fingerprint density at radius 3 is 2.33 bits per heavy atom. The number of carbonyl (C=O) groups excluding carboxylic acids is 2. The Kier molecular flexibility index (Phi) is 7.49. The van der Waals surface area contributed by atoms with Crippen LogP contribution in [0.3, 0.4) is 0 Å². The lowest BCUT2D eigenvalue weighted by molar-refractivity contribution is 0.0153. The summed E-state index contributed by atoms with van der Waals surface area (Å²) in [7, 11) is 0. The van der Waals surface area contributed by atoms with Crippen molar-refractivity contribution in [3.8, 4) is 0 Å². The maximum absolute atomic E-state index is 12.5. The first-order chi connectivity index (χ1) is 11.3. The van der Waals surface area contributed by atoms with Crippen molar-refractivity contribution in [2.24, 2.45) is 0 Å². The van der Waals surface area contributed by atoms with E-state index in [0.29, 0.717) is 6.42 Å². The maximum Gasteiger partial charge on any atom is 0.420 e. The lowest BCUT2D eigenvalue weighted by Gasteiger charge is -2.29. The van der Waals surface area contributed by atoms with Crippen LogP contribution in [0.25, 0.3) is 0 Å². The van der Waals surface area contributed by atoms with Crippen molar-refractivity contribution in [2.45, 2.75) is 58.8 Å². The SMILES string of the molecule is C=C[C@@H](CCC)N(C(=O)OCc1ccccc1)C(=O)OC(C)(C)C. The van der Waals surface area contributed by atoms with Crippen molar-refractivity contribution in [3.63, 3.8) is 0 Å². The zero-order valence-corrected chi connectivity index (χ0v) is 15.0. The molecule has 1 aromatic carbocycles. The van der Waals surface area contributed by atoms with E-state index in [-0.39, 0.29) is 6.61 Å². The minimum atomic E-state index is -0.730. The van der Waals surface area contributed by atoms with E-state index in [2.05, 4.69) is 6.58 Å². The molecule has 1 rings (SSSR count). The minimum absolute atomic E-state index is 0.0922. The summed E-state index contributed by atoms with van der Waals surface area (Å²) in [6.45, 7) is 11.0. The van der Waals surface area contributed by atoms with Gasteiger partial charge < -0.3 is 9.47 Å². The largest absolute Gasteiger partial charge is 0.444 e. The standard InChI is InChI=1S/C19H27NO4/c1-6-11-16(7-2)20(18(22)24-19(3,4)5)17(21)23-14-15-12-9-8-10-13-15/h7-10,12-13,16H,2,6,11,14H2,1,3-5H3/t16-/m0/s1. The summed E-state index contributed by atoms with van der Waals surface area (Å²) in [5.74, 6) is 0. The quantitative estimate of drug-likeness (QED) is 0.694. The Hall–Kier alpha value is -2.30. The first kappa shape index (κ1) is 19.7. The predicted octanol–water partition coefficient (Wildman–Crippen LogP) is 4.92. The number of hydrogen-bond acceptors (Lipinski definition) is 4. The van der Waals surface area contributed by atoms with Gasteiger partial charge in [0.25, 0.3) is 0 Å². The van der Waals surface area contributed by atoms with E-state index < -0.39 is 23.8 Å². The summed E-state index contributed by atoms with van der Waals surface area (Å²) >= 11 is 0. The minimum Gasteiger partial charge on any atom is -0.444 e. The lowest BCUT2D eigenvalue weighted by atomic mass is 10.1. The molecule has 0 aromatic heterocycles. The van der Waals surface area contributed by atoms with Gasteiger partial charge in [0.1, 0.15) is 12.2 Å². The molecule has 1 aromatic rings. The molecule has 0 fully saturated rings. The van der Waals surface area contributed by atoms with E-state index >= 15 is 0 Å². The van der Waals surface area contributed by atoms with Gasteiger partial charge in [-0.05, 0) is 32.8 Å². The Labute approximate surface area is 144 Å². The molecule has 0 aliphatic heterocycles. The number of carbonyl (C=O) groups is 2. The molecule has 0 aliphatic rings. The van der Waals surface area contributed by atoms with Gasteiger partial charge in [-0.1, -0.05) is 49.8 Å². The van der Waals surface area contributed by atoms with Crippen molar-refractivity contribution < 1.29 is 19.1 Å². The molecular formula is C19H27NO4. The van der Waals surface area contributed by atoms with Gasteiger partial charge in [-0.25, -0.2) is 14.5 Å². The second-order valence-corrected chi connectivity index (χ2v) is 6.48. The summed E-state index contributed by atoms with van der Waals surface area (Å²) in [6, 6.07) is 8.84. The Bertz CT molecular complexity index is 548. The van der Waals surface area contributed by atoms with Gasteiger partial charge in [-0.15, -0.1) is 6.58 Å². The average molecular weight is 333 g/mol. The molecule has 0 bridgehead atoms. The van der Waals surface area contributed by atoms with E-state index in [9.17, 15) is 9.59 Å². The van der Waals surface area contributed by atoms with E-state index in [1.165, 1.54) is 0 Å². The van der Waals surface area contributed by atoms with Gasteiger partial charge in [-0.3, -0.25) is 0 Å². The van der Waals surface area contributed by atoms with Gasteiger partial charge in [0, 0.05) is 0 Å². The van der Waals surface area contributed by atoms with Crippen LogP contribution >= 0.6 is 0 Å². The number of rotatable bonds is 6. The van der Waals surface area contributed by atoms with Crippen LogP contribution in [0.2, 0.25) is 0 Å². The van der Waals surface area contributed by atoms with Gasteiger partial charge in [0.05, 0.1) is 6.04 Å². The fraction of sp³-hybridized carbons (Fsp3) is 0.474. The molecule has 0 spiro atoms. The highest BCUT2D eigenvalue weighted by molar-refractivity contribution is 5.88. The predicted molar refractivity (Wildman–Crippen MR) is 93.6 cm³/mol. The highest BCUT2D eigenvalue weighted by Gasteiger charge is 2.33. The van der Waals surface area contributed by atoms with Gasteiger partial charge in [0.15, 0.2) is 0 Å². The van der Waals surface area contributed by atoms with Crippen LogP contribution < -0.4 is 0 Å². The maximum atomic E-state index is 12.5. The molecule has 24 heavy (non-hydrogen) atoms. The molecule has 0 N–H and O–H groups in total. The van der Waals surface area contributed by atoms with Crippen molar-refractivity contribution >= 4 is 12.2 Å². The van der Waals surface area contributed by atoms with Crippen molar-refractivity contribution in [1.29, 1.82) is 0 Å². The second-order valence-electron chi connectivity index (χ2n) is 6.48. The molecule has 0 radical (unpaired) electrons. The summed E-state index contributed by atoms with van der Waals surface area (Å²) in [5.41, 5.74) is 0.146. The summed E-state index contributed by atoms with van der Waals surface area (Å²) in [4.78, 5) is 25.9. The normalized spacial score (nSPS) is 12.2. The molecule has 0 saturated heterocycles. The average Bonchev–Trinajstić information content (AvgIpc) is 2.51. The van der Waals surface area contributed by atoms with Crippen LogP contribution in [0.15, 0.2) is 43.0 Å². The number of ether oxygens (including phenoxy) is 2. The number of benzene rings is 1. The zero-order chi connectivity index (χ0) is 18.2. The topological polar surface area (TPSA) is 55.8 Å². The Balaban J connectivity index is 2.87. The molecule has 132 valence electrons. The molecule has 0 unspecified atom stereocenters. The Morgan fingerprint density at radius 2 is 1.83 bits per heavy atom. The number of nitrogens with zero attached hydrogens (tertiary/aromatic N) is 1. The van der Waals surface area contributed by atoms with Crippen LogP contribution in [0.1, 0.15) is 46.1 Å². The highest BCUT2D eigenvalue weighted by atomic mass is 16.6. The van der Waals surface area contributed by atoms with Gasteiger partial charge in [-0.2, -0.15) is 0 Å². The molecule has 5 nitrogen and oxygen atoms in total. The monoisotopic (exact) mass is 333 g/mol. The lowest BCUT2D eigenvalue weighted by Crippen LogP contribution is -2.46. The summed E-state index contributed by atoms with van der Waals surface area (Å²) in [6.07, 6.45) is 1.51. The third-order valence-electron chi connectivity index (χ3n) is 3.18. The fourth-order valence-corrected chi connectivity index (χ4v) is 2.09. The van der Waals surface area contributed by atoms with Crippen molar-refractivity contribution in [2.75, 3.05) is 0 Å². The number of amides is 2. The summed E-state index contributed by atoms with van der Waals surface area (Å²) in [5, 5.41) is 0. The zero-order valence-electron chi connectivity index (χ0n) is 15.0. The molecule has 0 aliphatic carbocycles. The highest BCUT2D eigenvalue weighted by Crippen LogP contribution is 2.17. The summed E-state index contributed by atoms with van der Waals surface area (Å²) < 4.78 is 10.6. The first-order valence-electron chi connectivity index (χ1n) is 8.14. The van der Waals surface area contributed by atoms with E-state index in [0.717, 1.165) is 16.9 Å². The molecule has 2 amide bonds. The Morgan fingerprint density at radius 1 is 1.21 bits per heavy atom. The van der Waals surface area contributed by atoms with Crippen molar-refractivity contribution in [1.82, 2.24) is 4.90 Å². The second kappa shape index (κ2) is 9.11. The van der Waals surface area contributed by atoms with E-state index in [4.69, 9.17) is 9.47 Å². The van der Waals surface area contributed by atoms with Crippen LogP contribution in [0.5, 0.6) is 0 Å². The van der Waals surface area contributed by atoms with Crippen LogP contribution in [0.4, 0.5) is 9.59 Å². The number of hydrogen-bond donors (Lipinski definition) is 0. The molecule has 0 heterocycles. The third-order valence-corrected chi connectivity index (χ3v) is 3.18. The molecule has 5 heteroatoms. The number of imide groups is 1. The molecule has 0 saturated carbocycles. The van der Waals surface area contributed by atoms with Crippen LogP contribution in [-0.4, -0.2) is 28.7 Å². The van der Waals surface area contributed by atoms with Crippen LogP contribution in [-0.2, 0) is 16.1 Å². The molecular weight excluding hydrogens is 306 g/mol. The third kappa shape index (κ3) is 6.44.